The van der Waals surface area contributed by atoms with Gasteiger partial charge in [0.25, 0.3) is 0 Å². The van der Waals surface area contributed by atoms with Crippen molar-refractivity contribution in [1.82, 2.24) is 4.90 Å². The van der Waals surface area contributed by atoms with Crippen LogP contribution in [0.25, 0.3) is 0 Å². The van der Waals surface area contributed by atoms with Crippen molar-refractivity contribution in [3.05, 3.63) is 24.3 Å². The van der Waals surface area contributed by atoms with E-state index >= 15 is 0 Å². The van der Waals surface area contributed by atoms with Crippen molar-refractivity contribution in [2.75, 3.05) is 13.1 Å². The summed E-state index contributed by atoms with van der Waals surface area (Å²) < 4.78 is 46.0. The van der Waals surface area contributed by atoms with Crippen LogP contribution in [0.1, 0.15) is 25.7 Å². The number of amides is 1. The lowest BCUT2D eigenvalue weighted by atomic mass is 9.68. The Morgan fingerprint density at radius 1 is 1.09 bits per heavy atom. The predicted molar refractivity (Wildman–Crippen MR) is 76.1 cm³/mol. The van der Waals surface area contributed by atoms with Gasteiger partial charge in [-0.25, -0.2) is 0 Å². The molecule has 23 heavy (non-hydrogen) atoms. The molecule has 0 aromatic heterocycles. The minimum Gasteiger partial charge on any atom is -0.490 e. The van der Waals surface area contributed by atoms with Crippen LogP contribution in [-0.2, 0) is 4.79 Å². The van der Waals surface area contributed by atoms with Crippen molar-refractivity contribution in [2.45, 2.75) is 38.1 Å². The maximum atomic E-state index is 12.1. The van der Waals surface area contributed by atoms with Crippen LogP contribution in [-0.4, -0.2) is 36.9 Å². The van der Waals surface area contributed by atoms with E-state index in [0.29, 0.717) is 5.75 Å². The molecule has 0 N–H and O–H groups in total. The Morgan fingerprint density at radius 2 is 1.65 bits per heavy atom. The van der Waals surface area contributed by atoms with Gasteiger partial charge in [0.2, 0.25) is 6.41 Å². The summed E-state index contributed by atoms with van der Waals surface area (Å²) in [5, 5.41) is 0. The minimum absolute atomic E-state index is 0.0697. The fourth-order valence-electron chi connectivity index (χ4n) is 3.44. The quantitative estimate of drug-likeness (QED) is 0.795. The first kappa shape index (κ1) is 16.0. The highest BCUT2D eigenvalue weighted by molar-refractivity contribution is 5.49. The highest BCUT2D eigenvalue weighted by Crippen LogP contribution is 2.44. The molecule has 0 radical (unpaired) electrons. The molecule has 3 rings (SSSR count). The third-order valence-corrected chi connectivity index (χ3v) is 4.58. The van der Waals surface area contributed by atoms with Gasteiger partial charge < -0.3 is 14.4 Å². The zero-order chi connectivity index (χ0) is 16.5. The number of ether oxygens (including phenoxy) is 2. The van der Waals surface area contributed by atoms with Crippen molar-refractivity contribution in [3.8, 4) is 11.5 Å². The van der Waals surface area contributed by atoms with E-state index in [1.165, 1.54) is 24.3 Å². The Labute approximate surface area is 132 Å². The number of likely N-dealkylation sites (tertiary alicyclic amines) is 1. The van der Waals surface area contributed by atoms with E-state index in [2.05, 4.69) is 4.74 Å². The summed E-state index contributed by atoms with van der Waals surface area (Å²) in [6.45, 7) is 1.65. The lowest BCUT2D eigenvalue weighted by molar-refractivity contribution is -0.274. The number of hydrogen-bond donors (Lipinski definition) is 0. The molecule has 1 aromatic carbocycles. The molecule has 0 bridgehead atoms. The summed E-state index contributed by atoms with van der Waals surface area (Å²) in [5.41, 5.74) is 0.255. The first-order chi connectivity index (χ1) is 10.9. The lowest BCUT2D eigenvalue weighted by Gasteiger charge is -2.52. The summed E-state index contributed by atoms with van der Waals surface area (Å²) in [6.07, 6.45) is 0.0897. The first-order valence-electron chi connectivity index (χ1n) is 7.59. The maximum Gasteiger partial charge on any atom is 0.573 e. The van der Waals surface area contributed by atoms with Gasteiger partial charge in [-0.15, -0.1) is 13.2 Å². The monoisotopic (exact) mass is 329 g/mol. The van der Waals surface area contributed by atoms with E-state index in [9.17, 15) is 18.0 Å². The third-order valence-electron chi connectivity index (χ3n) is 4.58. The molecule has 1 aliphatic carbocycles. The number of rotatable bonds is 4. The maximum absolute atomic E-state index is 12.1. The molecule has 1 amide bonds. The molecule has 2 fully saturated rings. The minimum atomic E-state index is -4.68. The first-order valence-corrected chi connectivity index (χ1v) is 7.59. The Hall–Kier alpha value is -1.92. The molecule has 7 heteroatoms. The summed E-state index contributed by atoms with van der Waals surface area (Å²) >= 11 is 0. The number of carbonyl (C=O) groups is 1. The predicted octanol–water partition coefficient (Wildman–Crippen LogP) is 3.37. The van der Waals surface area contributed by atoms with Crippen LogP contribution in [0, 0.1) is 5.41 Å². The zero-order valence-corrected chi connectivity index (χ0v) is 12.5. The summed E-state index contributed by atoms with van der Waals surface area (Å²) in [4.78, 5) is 12.4. The van der Waals surface area contributed by atoms with E-state index in [4.69, 9.17) is 4.74 Å². The smallest absolute Gasteiger partial charge is 0.490 e. The highest BCUT2D eigenvalue weighted by atomic mass is 19.4. The van der Waals surface area contributed by atoms with E-state index in [1.54, 1.807) is 4.90 Å². The highest BCUT2D eigenvalue weighted by Gasteiger charge is 2.45. The molecule has 4 nitrogen and oxygen atoms in total. The molecular weight excluding hydrogens is 311 g/mol. The zero-order valence-electron chi connectivity index (χ0n) is 12.5. The number of nitrogens with zero attached hydrogens (tertiary/aromatic N) is 1. The average molecular weight is 329 g/mol. The van der Waals surface area contributed by atoms with E-state index in [-0.39, 0.29) is 17.3 Å². The third kappa shape index (κ3) is 3.89. The van der Waals surface area contributed by atoms with Crippen LogP contribution in [0.2, 0.25) is 0 Å². The second kappa shape index (κ2) is 5.94. The van der Waals surface area contributed by atoms with Crippen LogP contribution in [0.15, 0.2) is 24.3 Å². The molecule has 1 heterocycles. The number of carbonyl (C=O) groups excluding carboxylic acids is 1. The standard InChI is InChI=1S/C16H18F3NO3/c17-16(18,19)23-14-3-1-12(2-4-14)22-13-5-7-15(8-6-13)9-20(10-15)11-21/h1-4,11,13H,5-10H2. The Balaban J connectivity index is 1.48. The van der Waals surface area contributed by atoms with E-state index in [1.807, 2.05) is 0 Å². The number of halogens is 3. The van der Waals surface area contributed by atoms with Crippen LogP contribution in [0.5, 0.6) is 11.5 Å². The molecular formula is C16H18F3NO3. The van der Waals surface area contributed by atoms with Gasteiger partial charge in [-0.3, -0.25) is 4.79 Å². The van der Waals surface area contributed by atoms with Gasteiger partial charge in [0.15, 0.2) is 0 Å². The van der Waals surface area contributed by atoms with Crippen molar-refractivity contribution in [2.24, 2.45) is 5.41 Å². The fraction of sp³-hybridized carbons (Fsp3) is 0.562. The molecule has 1 aromatic rings. The van der Waals surface area contributed by atoms with Crippen LogP contribution in [0.4, 0.5) is 13.2 Å². The Morgan fingerprint density at radius 3 is 2.17 bits per heavy atom. The van der Waals surface area contributed by atoms with E-state index in [0.717, 1.165) is 45.2 Å². The summed E-state index contributed by atoms with van der Waals surface area (Å²) in [6, 6.07) is 5.48. The van der Waals surface area contributed by atoms with E-state index < -0.39 is 6.36 Å². The second-order valence-corrected chi connectivity index (χ2v) is 6.35. The largest absolute Gasteiger partial charge is 0.573 e. The molecule has 2 aliphatic rings. The van der Waals surface area contributed by atoms with Crippen molar-refractivity contribution in [3.63, 3.8) is 0 Å². The fourth-order valence-corrected chi connectivity index (χ4v) is 3.44. The van der Waals surface area contributed by atoms with Crippen LogP contribution < -0.4 is 9.47 Å². The SMILES string of the molecule is O=CN1CC2(CCC(Oc3ccc(OC(F)(F)F)cc3)CC2)C1. The van der Waals surface area contributed by atoms with Gasteiger partial charge in [-0.2, -0.15) is 0 Å². The molecule has 0 atom stereocenters. The Kier molecular flexibility index (Phi) is 4.12. The Bertz CT molecular complexity index is 543. The molecule has 1 saturated heterocycles. The van der Waals surface area contributed by atoms with Crippen molar-refractivity contribution in [1.29, 1.82) is 0 Å². The van der Waals surface area contributed by atoms with Gasteiger partial charge in [-0.1, -0.05) is 0 Å². The number of benzene rings is 1. The van der Waals surface area contributed by atoms with Gasteiger partial charge in [0.1, 0.15) is 11.5 Å². The number of hydrogen-bond acceptors (Lipinski definition) is 3. The van der Waals surface area contributed by atoms with Crippen LogP contribution >= 0.6 is 0 Å². The molecule has 1 aliphatic heterocycles. The normalized spacial score (nSPS) is 20.9. The molecule has 1 saturated carbocycles. The molecule has 0 unspecified atom stereocenters. The summed E-state index contributed by atoms with van der Waals surface area (Å²) in [5.74, 6) is 0.291. The van der Waals surface area contributed by atoms with Gasteiger partial charge >= 0.3 is 6.36 Å². The second-order valence-electron chi connectivity index (χ2n) is 6.35. The topological polar surface area (TPSA) is 38.8 Å². The van der Waals surface area contributed by atoms with Crippen LogP contribution in [0.3, 0.4) is 0 Å². The van der Waals surface area contributed by atoms with Crippen molar-refractivity contribution < 1.29 is 27.4 Å². The summed E-state index contributed by atoms with van der Waals surface area (Å²) in [7, 11) is 0. The van der Waals surface area contributed by atoms with Crippen molar-refractivity contribution >= 4 is 6.41 Å². The average Bonchev–Trinajstić information content (AvgIpc) is 2.46. The van der Waals surface area contributed by atoms with Gasteiger partial charge in [-0.05, 0) is 49.9 Å². The number of alkyl halides is 3. The van der Waals surface area contributed by atoms with Gasteiger partial charge in [0.05, 0.1) is 6.10 Å². The molecule has 126 valence electrons. The lowest BCUT2D eigenvalue weighted by Crippen LogP contribution is -2.57. The molecule has 1 spiro atoms. The van der Waals surface area contributed by atoms with Gasteiger partial charge in [0, 0.05) is 18.5 Å².